The van der Waals surface area contributed by atoms with Crippen LogP contribution in [0.5, 0.6) is 5.75 Å². The summed E-state index contributed by atoms with van der Waals surface area (Å²) in [5.74, 6) is 0.763. The number of aryl methyl sites for hydroxylation is 3. The smallest absolute Gasteiger partial charge is 0.272 e. The molecule has 0 unspecified atom stereocenters. The summed E-state index contributed by atoms with van der Waals surface area (Å²) in [6, 6.07) is 14.0. The van der Waals surface area contributed by atoms with Crippen molar-refractivity contribution in [3.63, 3.8) is 0 Å². The topological polar surface area (TPSA) is 43.3 Å². The lowest BCUT2D eigenvalue weighted by Gasteiger charge is -2.12. The first-order chi connectivity index (χ1) is 12.6. The minimum absolute atomic E-state index is 0.0700. The highest BCUT2D eigenvalue weighted by molar-refractivity contribution is 6.08. The summed E-state index contributed by atoms with van der Waals surface area (Å²) in [5.41, 5.74) is 4.76. The zero-order chi connectivity index (χ0) is 18.7. The Kier molecular flexibility index (Phi) is 5.31. The van der Waals surface area contributed by atoms with E-state index in [4.69, 9.17) is 4.74 Å². The maximum Gasteiger partial charge on any atom is 0.272 e. The van der Waals surface area contributed by atoms with E-state index in [2.05, 4.69) is 23.7 Å². The number of para-hydroxylation sites is 1. The lowest BCUT2D eigenvalue weighted by Crippen LogP contribution is -2.18. The summed E-state index contributed by atoms with van der Waals surface area (Å²) < 4.78 is 7.70. The Morgan fingerprint density at radius 2 is 1.88 bits per heavy atom. The number of amides is 1. The molecule has 0 saturated heterocycles. The van der Waals surface area contributed by atoms with Gasteiger partial charge in [-0.1, -0.05) is 25.1 Å². The fourth-order valence-electron chi connectivity index (χ4n) is 3.51. The third kappa shape index (κ3) is 3.19. The summed E-state index contributed by atoms with van der Waals surface area (Å²) in [5, 5.41) is 4.16. The van der Waals surface area contributed by atoms with Crippen LogP contribution in [0.2, 0.25) is 0 Å². The number of aromatic nitrogens is 1. The summed E-state index contributed by atoms with van der Waals surface area (Å²) in [6.07, 6.45) is 0.879. The summed E-state index contributed by atoms with van der Waals surface area (Å²) >= 11 is 0. The van der Waals surface area contributed by atoms with Crippen LogP contribution in [0.4, 0.5) is 5.69 Å². The monoisotopic (exact) mass is 350 g/mol. The standard InChI is InChI=1S/C22H26N2O2/c1-5-16-10-8-9-11-19(16)23-22(25)21-15(4)18-14-17(26-7-3)12-13-20(18)24(21)6-2/h8-14H,5-7H2,1-4H3,(H,23,25). The van der Waals surface area contributed by atoms with Crippen molar-refractivity contribution in [1.82, 2.24) is 4.57 Å². The highest BCUT2D eigenvalue weighted by atomic mass is 16.5. The van der Waals surface area contributed by atoms with Crippen molar-refractivity contribution in [2.24, 2.45) is 0 Å². The Bertz CT molecular complexity index is 941. The van der Waals surface area contributed by atoms with E-state index in [-0.39, 0.29) is 5.91 Å². The summed E-state index contributed by atoms with van der Waals surface area (Å²) in [7, 11) is 0. The predicted octanol–water partition coefficient (Wildman–Crippen LogP) is 5.18. The van der Waals surface area contributed by atoms with Gasteiger partial charge >= 0.3 is 0 Å². The molecule has 0 spiro atoms. The molecule has 0 fully saturated rings. The minimum Gasteiger partial charge on any atom is -0.494 e. The van der Waals surface area contributed by atoms with E-state index in [1.54, 1.807) is 0 Å². The maximum atomic E-state index is 13.1. The van der Waals surface area contributed by atoms with Crippen LogP contribution in [-0.4, -0.2) is 17.1 Å². The molecule has 3 aromatic rings. The van der Waals surface area contributed by atoms with Gasteiger partial charge in [-0.2, -0.15) is 0 Å². The average molecular weight is 350 g/mol. The van der Waals surface area contributed by atoms with E-state index < -0.39 is 0 Å². The lowest BCUT2D eigenvalue weighted by molar-refractivity contribution is 0.101. The second-order valence-corrected chi connectivity index (χ2v) is 6.29. The van der Waals surface area contributed by atoms with Crippen LogP contribution in [0.3, 0.4) is 0 Å². The number of hydrogen-bond donors (Lipinski definition) is 1. The van der Waals surface area contributed by atoms with Gasteiger partial charge < -0.3 is 14.6 Å². The van der Waals surface area contributed by atoms with Crippen molar-refractivity contribution >= 4 is 22.5 Å². The molecule has 0 aliphatic heterocycles. The third-order valence-corrected chi connectivity index (χ3v) is 4.78. The van der Waals surface area contributed by atoms with Crippen LogP contribution in [-0.2, 0) is 13.0 Å². The zero-order valence-corrected chi connectivity index (χ0v) is 15.9. The van der Waals surface area contributed by atoms with Gasteiger partial charge in [-0.05, 0) is 62.6 Å². The van der Waals surface area contributed by atoms with Gasteiger partial charge in [0.2, 0.25) is 0 Å². The molecule has 4 heteroatoms. The van der Waals surface area contributed by atoms with Gasteiger partial charge in [0.1, 0.15) is 11.4 Å². The van der Waals surface area contributed by atoms with Crippen molar-refractivity contribution in [2.45, 2.75) is 40.7 Å². The van der Waals surface area contributed by atoms with Crippen LogP contribution < -0.4 is 10.1 Å². The molecular formula is C22H26N2O2. The van der Waals surface area contributed by atoms with Crippen molar-refractivity contribution < 1.29 is 9.53 Å². The lowest BCUT2D eigenvalue weighted by atomic mass is 10.1. The Labute approximate surface area is 154 Å². The van der Waals surface area contributed by atoms with Crippen molar-refractivity contribution in [2.75, 3.05) is 11.9 Å². The SMILES string of the molecule is CCOc1ccc2c(c1)c(C)c(C(=O)Nc1ccccc1CC)n2CC. The van der Waals surface area contributed by atoms with Gasteiger partial charge in [0, 0.05) is 23.1 Å². The first kappa shape index (κ1) is 18.1. The Morgan fingerprint density at radius 3 is 2.58 bits per heavy atom. The van der Waals surface area contributed by atoms with Crippen molar-refractivity contribution in [1.29, 1.82) is 0 Å². The van der Waals surface area contributed by atoms with Gasteiger partial charge in [0.25, 0.3) is 5.91 Å². The fraction of sp³-hybridized carbons (Fsp3) is 0.318. The third-order valence-electron chi connectivity index (χ3n) is 4.78. The maximum absolute atomic E-state index is 13.1. The minimum atomic E-state index is -0.0700. The molecule has 1 heterocycles. The molecule has 0 atom stereocenters. The molecule has 4 nitrogen and oxygen atoms in total. The first-order valence-corrected chi connectivity index (χ1v) is 9.25. The fourth-order valence-corrected chi connectivity index (χ4v) is 3.51. The highest BCUT2D eigenvalue weighted by Crippen LogP contribution is 2.30. The molecule has 0 saturated carbocycles. The van der Waals surface area contributed by atoms with E-state index in [0.29, 0.717) is 12.3 Å². The van der Waals surface area contributed by atoms with Crippen molar-refractivity contribution in [3.05, 3.63) is 59.3 Å². The zero-order valence-electron chi connectivity index (χ0n) is 15.9. The van der Waals surface area contributed by atoms with Gasteiger partial charge in [-0.25, -0.2) is 0 Å². The molecule has 26 heavy (non-hydrogen) atoms. The number of benzene rings is 2. The van der Waals surface area contributed by atoms with E-state index in [1.807, 2.05) is 56.3 Å². The molecule has 1 aromatic heterocycles. The molecule has 0 aliphatic rings. The Hall–Kier alpha value is -2.75. The van der Waals surface area contributed by atoms with Gasteiger partial charge in [-0.15, -0.1) is 0 Å². The Balaban J connectivity index is 2.05. The number of ether oxygens (including phenoxy) is 1. The largest absolute Gasteiger partial charge is 0.494 e. The molecule has 0 radical (unpaired) electrons. The second kappa shape index (κ2) is 7.65. The number of anilines is 1. The normalized spacial score (nSPS) is 10.9. The number of fused-ring (bicyclic) bond motifs is 1. The molecule has 1 amide bonds. The van der Waals surface area contributed by atoms with Gasteiger partial charge in [0.05, 0.1) is 6.61 Å². The Morgan fingerprint density at radius 1 is 1.12 bits per heavy atom. The van der Waals surface area contributed by atoms with Crippen molar-refractivity contribution in [3.8, 4) is 5.75 Å². The molecule has 3 rings (SSSR count). The van der Waals surface area contributed by atoms with Crippen LogP contribution >= 0.6 is 0 Å². The molecule has 0 aliphatic carbocycles. The number of carbonyl (C=O) groups excluding carboxylic acids is 1. The summed E-state index contributed by atoms with van der Waals surface area (Å²) in [6.45, 7) is 9.49. The van der Waals surface area contributed by atoms with E-state index >= 15 is 0 Å². The molecule has 1 N–H and O–H groups in total. The average Bonchev–Trinajstić information content (AvgIpc) is 2.94. The second-order valence-electron chi connectivity index (χ2n) is 6.29. The number of rotatable bonds is 6. The van der Waals surface area contributed by atoms with E-state index in [0.717, 1.165) is 46.4 Å². The number of hydrogen-bond acceptors (Lipinski definition) is 2. The molecule has 136 valence electrons. The number of nitrogens with zero attached hydrogens (tertiary/aromatic N) is 1. The van der Waals surface area contributed by atoms with Gasteiger partial charge in [-0.3, -0.25) is 4.79 Å². The first-order valence-electron chi connectivity index (χ1n) is 9.25. The molecule has 2 aromatic carbocycles. The van der Waals surface area contributed by atoms with Crippen LogP contribution in [0.25, 0.3) is 10.9 Å². The van der Waals surface area contributed by atoms with Gasteiger partial charge in [0.15, 0.2) is 0 Å². The van der Waals surface area contributed by atoms with Crippen LogP contribution in [0.15, 0.2) is 42.5 Å². The summed E-state index contributed by atoms with van der Waals surface area (Å²) in [4.78, 5) is 13.1. The quantitative estimate of drug-likeness (QED) is 0.665. The number of carbonyl (C=O) groups is 1. The van der Waals surface area contributed by atoms with E-state index in [9.17, 15) is 4.79 Å². The highest BCUT2D eigenvalue weighted by Gasteiger charge is 2.20. The number of nitrogens with one attached hydrogen (secondary N) is 1. The molecular weight excluding hydrogens is 324 g/mol. The van der Waals surface area contributed by atoms with Crippen LogP contribution in [0.1, 0.15) is 42.4 Å². The van der Waals surface area contributed by atoms with E-state index in [1.165, 1.54) is 0 Å². The van der Waals surface area contributed by atoms with Crippen LogP contribution in [0, 0.1) is 6.92 Å². The predicted molar refractivity (Wildman–Crippen MR) is 107 cm³/mol. The molecule has 0 bridgehead atoms.